The van der Waals surface area contributed by atoms with Crippen molar-refractivity contribution >= 4 is 15.9 Å². The maximum absolute atomic E-state index is 13.5. The van der Waals surface area contributed by atoms with Crippen LogP contribution in [0.15, 0.2) is 48.5 Å². The number of hydrogen-bond acceptors (Lipinski definition) is 3. The van der Waals surface area contributed by atoms with Gasteiger partial charge in [-0.25, -0.2) is 17.5 Å². The van der Waals surface area contributed by atoms with Gasteiger partial charge < -0.3 is 5.32 Å². The topological polar surface area (TPSA) is 75.3 Å². The summed E-state index contributed by atoms with van der Waals surface area (Å²) < 4.78 is 38.6. The smallest absolute Gasteiger partial charge is 0.254 e. The molecule has 0 aliphatic carbocycles. The van der Waals surface area contributed by atoms with E-state index >= 15 is 0 Å². The summed E-state index contributed by atoms with van der Waals surface area (Å²) in [4.78, 5) is 11.9. The fraction of sp³-hybridized carbons (Fsp3) is 0.188. The maximum atomic E-state index is 13.5. The molecule has 0 saturated carbocycles. The highest BCUT2D eigenvalue weighted by molar-refractivity contribution is 7.88. The lowest BCUT2D eigenvalue weighted by Crippen LogP contribution is -2.23. The molecule has 0 atom stereocenters. The van der Waals surface area contributed by atoms with Crippen LogP contribution in [-0.4, -0.2) is 21.4 Å². The predicted octanol–water partition coefficient (Wildman–Crippen LogP) is 1.80. The number of carbonyl (C=O) groups is 1. The summed E-state index contributed by atoms with van der Waals surface area (Å²) in [5.41, 5.74) is 1.42. The van der Waals surface area contributed by atoms with Crippen molar-refractivity contribution in [3.63, 3.8) is 0 Å². The highest BCUT2D eigenvalue weighted by Crippen LogP contribution is 2.09. The quantitative estimate of drug-likeness (QED) is 0.845. The molecule has 1 amide bonds. The van der Waals surface area contributed by atoms with Crippen LogP contribution in [0.3, 0.4) is 0 Å². The van der Waals surface area contributed by atoms with Gasteiger partial charge in [-0.2, -0.15) is 0 Å². The lowest BCUT2D eigenvalue weighted by molar-refractivity contribution is 0.0947. The molecule has 0 aliphatic rings. The van der Waals surface area contributed by atoms with E-state index in [9.17, 15) is 17.6 Å². The Bertz CT molecular complexity index is 789. The van der Waals surface area contributed by atoms with Crippen molar-refractivity contribution in [1.82, 2.24) is 10.0 Å². The average molecular weight is 336 g/mol. The molecule has 122 valence electrons. The zero-order valence-corrected chi connectivity index (χ0v) is 13.4. The van der Waals surface area contributed by atoms with Gasteiger partial charge in [0.25, 0.3) is 5.91 Å². The van der Waals surface area contributed by atoms with E-state index in [1.54, 1.807) is 30.3 Å². The molecule has 0 radical (unpaired) electrons. The summed E-state index contributed by atoms with van der Waals surface area (Å²) in [5.74, 6) is -1.17. The van der Waals surface area contributed by atoms with Crippen LogP contribution in [-0.2, 0) is 22.3 Å². The fourth-order valence-corrected chi connectivity index (χ4v) is 2.74. The first-order valence-electron chi connectivity index (χ1n) is 6.93. The van der Waals surface area contributed by atoms with Crippen LogP contribution in [0.2, 0.25) is 0 Å². The Hall–Kier alpha value is -2.25. The zero-order valence-electron chi connectivity index (χ0n) is 12.5. The SMILES string of the molecule is CNS(=O)(=O)Cc1ccc(CNC(=O)c2ccccc2F)cc1. The standard InChI is InChI=1S/C16H17FN2O3S/c1-18-23(21,22)11-13-8-6-12(7-9-13)10-19-16(20)14-4-2-3-5-15(14)17/h2-9,18H,10-11H2,1H3,(H,19,20). The second-order valence-corrected chi connectivity index (χ2v) is 6.87. The van der Waals surface area contributed by atoms with Gasteiger partial charge in [-0.1, -0.05) is 36.4 Å². The van der Waals surface area contributed by atoms with Crippen molar-refractivity contribution in [3.8, 4) is 0 Å². The summed E-state index contributed by atoms with van der Waals surface area (Å²) in [6.07, 6.45) is 0. The van der Waals surface area contributed by atoms with Gasteiger partial charge in [0.15, 0.2) is 0 Å². The third-order valence-electron chi connectivity index (χ3n) is 3.26. The van der Waals surface area contributed by atoms with Gasteiger partial charge in [0.2, 0.25) is 10.0 Å². The van der Waals surface area contributed by atoms with Crippen LogP contribution in [0.25, 0.3) is 0 Å². The summed E-state index contributed by atoms with van der Waals surface area (Å²) in [6, 6.07) is 12.6. The van der Waals surface area contributed by atoms with E-state index in [1.165, 1.54) is 25.2 Å². The first-order valence-corrected chi connectivity index (χ1v) is 8.58. The second kappa shape index (κ2) is 7.34. The van der Waals surface area contributed by atoms with E-state index < -0.39 is 21.7 Å². The Balaban J connectivity index is 1.97. The molecule has 0 aliphatic heterocycles. The highest BCUT2D eigenvalue weighted by atomic mass is 32.2. The van der Waals surface area contributed by atoms with E-state index in [0.717, 1.165) is 5.56 Å². The van der Waals surface area contributed by atoms with Gasteiger partial charge in [-0.3, -0.25) is 4.79 Å². The molecule has 2 rings (SSSR count). The summed E-state index contributed by atoms with van der Waals surface area (Å²) in [7, 11) is -1.95. The van der Waals surface area contributed by atoms with E-state index in [4.69, 9.17) is 0 Å². The number of nitrogens with one attached hydrogen (secondary N) is 2. The predicted molar refractivity (Wildman–Crippen MR) is 85.7 cm³/mol. The fourth-order valence-electron chi connectivity index (χ4n) is 1.97. The minimum absolute atomic E-state index is 0.00997. The Morgan fingerprint density at radius 1 is 1.04 bits per heavy atom. The van der Waals surface area contributed by atoms with E-state index in [-0.39, 0.29) is 17.9 Å². The van der Waals surface area contributed by atoms with Crippen molar-refractivity contribution in [2.45, 2.75) is 12.3 Å². The van der Waals surface area contributed by atoms with Crippen LogP contribution in [0.5, 0.6) is 0 Å². The first kappa shape index (κ1) is 17.1. The lowest BCUT2D eigenvalue weighted by Gasteiger charge is -2.07. The number of sulfonamides is 1. The molecule has 0 unspecified atom stereocenters. The van der Waals surface area contributed by atoms with Gasteiger partial charge >= 0.3 is 0 Å². The molecule has 0 saturated heterocycles. The average Bonchev–Trinajstić information content (AvgIpc) is 2.54. The summed E-state index contributed by atoms with van der Waals surface area (Å²) in [5, 5.41) is 2.63. The van der Waals surface area contributed by atoms with Crippen molar-refractivity contribution in [1.29, 1.82) is 0 Å². The third-order valence-corrected chi connectivity index (χ3v) is 4.60. The molecular formula is C16H17FN2O3S. The van der Waals surface area contributed by atoms with E-state index in [0.29, 0.717) is 5.56 Å². The number of hydrogen-bond donors (Lipinski definition) is 2. The molecular weight excluding hydrogens is 319 g/mol. The molecule has 7 heteroatoms. The molecule has 0 aromatic heterocycles. The van der Waals surface area contributed by atoms with E-state index in [2.05, 4.69) is 10.0 Å². The molecule has 5 nitrogen and oxygen atoms in total. The molecule has 0 fully saturated rings. The minimum atomic E-state index is -3.31. The van der Waals surface area contributed by atoms with Crippen molar-refractivity contribution in [3.05, 3.63) is 71.0 Å². The monoisotopic (exact) mass is 336 g/mol. The number of rotatable bonds is 6. The summed E-state index contributed by atoms with van der Waals surface area (Å²) in [6.45, 7) is 0.228. The van der Waals surface area contributed by atoms with Crippen LogP contribution >= 0.6 is 0 Å². The normalized spacial score (nSPS) is 11.2. The zero-order chi connectivity index (χ0) is 16.9. The van der Waals surface area contributed by atoms with E-state index in [1.807, 2.05) is 0 Å². The Labute approximate surface area is 134 Å². The largest absolute Gasteiger partial charge is 0.348 e. The van der Waals surface area contributed by atoms with Crippen LogP contribution in [0.4, 0.5) is 4.39 Å². The van der Waals surface area contributed by atoms with Gasteiger partial charge in [0.1, 0.15) is 5.82 Å². The third kappa shape index (κ3) is 4.87. The van der Waals surface area contributed by atoms with Crippen LogP contribution in [0.1, 0.15) is 21.5 Å². The molecule has 0 bridgehead atoms. The van der Waals surface area contributed by atoms with Gasteiger partial charge in [0, 0.05) is 6.54 Å². The van der Waals surface area contributed by atoms with Crippen molar-refractivity contribution in [2.75, 3.05) is 7.05 Å². The van der Waals surface area contributed by atoms with Crippen molar-refractivity contribution in [2.24, 2.45) is 0 Å². The van der Waals surface area contributed by atoms with Gasteiger partial charge in [-0.05, 0) is 30.3 Å². The number of carbonyl (C=O) groups excluding carboxylic acids is 1. The molecule has 23 heavy (non-hydrogen) atoms. The Morgan fingerprint density at radius 2 is 1.65 bits per heavy atom. The lowest BCUT2D eigenvalue weighted by atomic mass is 10.1. The van der Waals surface area contributed by atoms with Crippen LogP contribution in [0, 0.1) is 5.82 Å². The maximum Gasteiger partial charge on any atom is 0.254 e. The molecule has 0 spiro atoms. The van der Waals surface area contributed by atoms with Gasteiger partial charge in [-0.15, -0.1) is 0 Å². The number of halogens is 1. The highest BCUT2D eigenvalue weighted by Gasteiger charge is 2.11. The van der Waals surface area contributed by atoms with Gasteiger partial charge in [0.05, 0.1) is 11.3 Å². The molecule has 0 heterocycles. The van der Waals surface area contributed by atoms with Crippen molar-refractivity contribution < 1.29 is 17.6 Å². The number of amides is 1. The number of benzene rings is 2. The minimum Gasteiger partial charge on any atom is -0.348 e. The van der Waals surface area contributed by atoms with Crippen LogP contribution < -0.4 is 10.0 Å². The molecule has 2 N–H and O–H groups in total. The molecule has 2 aromatic carbocycles. The first-order chi connectivity index (χ1) is 10.9. The summed E-state index contributed by atoms with van der Waals surface area (Å²) >= 11 is 0. The Kier molecular flexibility index (Phi) is 5.46. The molecule has 2 aromatic rings. The second-order valence-electron chi connectivity index (χ2n) is 4.94. The Morgan fingerprint density at radius 3 is 2.26 bits per heavy atom.